The zero-order valence-corrected chi connectivity index (χ0v) is 13.0. The quantitative estimate of drug-likeness (QED) is 0.906. The highest BCUT2D eigenvalue weighted by atomic mass is 16.4. The molecule has 1 aromatic carbocycles. The van der Waals surface area contributed by atoms with Gasteiger partial charge >= 0.3 is 5.97 Å². The van der Waals surface area contributed by atoms with Gasteiger partial charge in [0.2, 0.25) is 0 Å². The summed E-state index contributed by atoms with van der Waals surface area (Å²) in [7, 11) is 0. The van der Waals surface area contributed by atoms with Crippen LogP contribution in [-0.4, -0.2) is 15.6 Å². The SMILES string of the molecule is CC(C)Cn1c2c(c3cc(C(=O)O)ccc31)CCCC2C. The van der Waals surface area contributed by atoms with Crippen LogP contribution in [0.1, 0.15) is 61.1 Å². The Morgan fingerprint density at radius 3 is 2.86 bits per heavy atom. The average molecular weight is 285 g/mol. The molecule has 1 atom stereocenters. The van der Waals surface area contributed by atoms with Crippen LogP contribution in [0.3, 0.4) is 0 Å². The van der Waals surface area contributed by atoms with Gasteiger partial charge < -0.3 is 9.67 Å². The fourth-order valence-electron chi connectivity index (χ4n) is 3.69. The van der Waals surface area contributed by atoms with Gasteiger partial charge in [0.15, 0.2) is 0 Å². The Balaban J connectivity index is 2.28. The highest BCUT2D eigenvalue weighted by Gasteiger charge is 2.25. The molecule has 0 amide bonds. The van der Waals surface area contributed by atoms with E-state index >= 15 is 0 Å². The summed E-state index contributed by atoms with van der Waals surface area (Å²) < 4.78 is 2.44. The van der Waals surface area contributed by atoms with E-state index < -0.39 is 5.97 Å². The summed E-state index contributed by atoms with van der Waals surface area (Å²) in [5.74, 6) is 0.303. The zero-order chi connectivity index (χ0) is 15.1. The summed E-state index contributed by atoms with van der Waals surface area (Å²) in [5, 5.41) is 10.4. The van der Waals surface area contributed by atoms with Crippen LogP contribution in [-0.2, 0) is 13.0 Å². The molecule has 1 unspecified atom stereocenters. The third-order valence-corrected chi connectivity index (χ3v) is 4.54. The summed E-state index contributed by atoms with van der Waals surface area (Å²) in [6, 6.07) is 5.59. The maximum Gasteiger partial charge on any atom is 0.335 e. The Morgan fingerprint density at radius 2 is 2.19 bits per heavy atom. The van der Waals surface area contributed by atoms with Crippen molar-refractivity contribution in [1.29, 1.82) is 0 Å². The fourth-order valence-corrected chi connectivity index (χ4v) is 3.69. The van der Waals surface area contributed by atoms with E-state index in [9.17, 15) is 9.90 Å². The molecule has 0 fully saturated rings. The van der Waals surface area contributed by atoms with Gasteiger partial charge in [-0.05, 0) is 54.9 Å². The van der Waals surface area contributed by atoms with Gasteiger partial charge in [-0.25, -0.2) is 4.79 Å². The molecule has 0 spiro atoms. The number of benzene rings is 1. The van der Waals surface area contributed by atoms with Crippen molar-refractivity contribution in [3.05, 3.63) is 35.0 Å². The molecule has 0 radical (unpaired) electrons. The first-order valence-electron chi connectivity index (χ1n) is 7.87. The van der Waals surface area contributed by atoms with E-state index in [4.69, 9.17) is 0 Å². The highest BCUT2D eigenvalue weighted by Crippen LogP contribution is 2.39. The number of carboxylic acids is 1. The third kappa shape index (κ3) is 2.35. The summed E-state index contributed by atoms with van der Waals surface area (Å²) in [5.41, 5.74) is 4.41. The number of aromatic carboxylic acids is 1. The number of carbonyl (C=O) groups is 1. The lowest BCUT2D eigenvalue weighted by Crippen LogP contribution is -2.14. The predicted octanol–water partition coefficient (Wildman–Crippen LogP) is 4.44. The number of aryl methyl sites for hydroxylation is 1. The van der Waals surface area contributed by atoms with Crippen molar-refractivity contribution >= 4 is 16.9 Å². The van der Waals surface area contributed by atoms with Gasteiger partial charge in [-0.3, -0.25) is 0 Å². The Morgan fingerprint density at radius 1 is 1.43 bits per heavy atom. The summed E-state index contributed by atoms with van der Waals surface area (Å²) in [6.45, 7) is 7.77. The fraction of sp³-hybridized carbons (Fsp3) is 0.500. The molecule has 3 heteroatoms. The average Bonchev–Trinajstić information content (AvgIpc) is 2.73. The number of aromatic nitrogens is 1. The van der Waals surface area contributed by atoms with Gasteiger partial charge in [0.1, 0.15) is 0 Å². The molecule has 3 rings (SSSR count). The van der Waals surface area contributed by atoms with Crippen molar-refractivity contribution in [1.82, 2.24) is 4.57 Å². The lowest BCUT2D eigenvalue weighted by Gasteiger charge is -2.23. The van der Waals surface area contributed by atoms with Crippen molar-refractivity contribution in [3.63, 3.8) is 0 Å². The van der Waals surface area contributed by atoms with Crippen molar-refractivity contribution in [2.45, 2.75) is 52.5 Å². The molecule has 1 heterocycles. The first-order chi connectivity index (χ1) is 9.99. The molecule has 112 valence electrons. The third-order valence-electron chi connectivity index (χ3n) is 4.54. The predicted molar refractivity (Wildman–Crippen MR) is 85.1 cm³/mol. The van der Waals surface area contributed by atoms with Crippen LogP contribution in [0.25, 0.3) is 10.9 Å². The lowest BCUT2D eigenvalue weighted by molar-refractivity contribution is 0.0697. The van der Waals surface area contributed by atoms with Gasteiger partial charge in [-0.1, -0.05) is 20.8 Å². The van der Waals surface area contributed by atoms with E-state index in [1.54, 1.807) is 6.07 Å². The Kier molecular flexibility index (Phi) is 3.52. The minimum Gasteiger partial charge on any atom is -0.478 e. The normalized spacial score (nSPS) is 18.2. The molecular formula is C18H23NO2. The van der Waals surface area contributed by atoms with E-state index in [-0.39, 0.29) is 0 Å². The summed E-state index contributed by atoms with van der Waals surface area (Å²) in [4.78, 5) is 11.3. The summed E-state index contributed by atoms with van der Waals surface area (Å²) >= 11 is 0. The first kappa shape index (κ1) is 14.2. The van der Waals surface area contributed by atoms with Crippen molar-refractivity contribution < 1.29 is 9.90 Å². The van der Waals surface area contributed by atoms with Crippen LogP contribution in [0.5, 0.6) is 0 Å². The van der Waals surface area contributed by atoms with Crippen LogP contribution in [0.15, 0.2) is 18.2 Å². The Bertz CT molecular complexity index is 697. The molecule has 0 bridgehead atoms. The zero-order valence-electron chi connectivity index (χ0n) is 13.0. The Hall–Kier alpha value is -1.77. The maximum atomic E-state index is 11.3. The topological polar surface area (TPSA) is 42.2 Å². The molecule has 1 aliphatic rings. The second-order valence-electron chi connectivity index (χ2n) is 6.70. The molecule has 1 aromatic heterocycles. The van der Waals surface area contributed by atoms with E-state index in [2.05, 4.69) is 25.3 Å². The van der Waals surface area contributed by atoms with Crippen molar-refractivity contribution in [3.8, 4) is 0 Å². The molecule has 1 N–H and O–H groups in total. The van der Waals surface area contributed by atoms with Crippen molar-refractivity contribution in [2.75, 3.05) is 0 Å². The second-order valence-corrected chi connectivity index (χ2v) is 6.70. The van der Waals surface area contributed by atoms with Gasteiger partial charge in [0.05, 0.1) is 5.56 Å². The second kappa shape index (κ2) is 5.21. The molecule has 0 saturated carbocycles. The van der Waals surface area contributed by atoms with Crippen LogP contribution >= 0.6 is 0 Å². The van der Waals surface area contributed by atoms with Crippen LogP contribution in [0.2, 0.25) is 0 Å². The van der Waals surface area contributed by atoms with Gasteiger partial charge in [0, 0.05) is 23.1 Å². The lowest BCUT2D eigenvalue weighted by atomic mass is 9.87. The highest BCUT2D eigenvalue weighted by molar-refractivity contribution is 5.95. The van der Waals surface area contributed by atoms with Crippen LogP contribution < -0.4 is 0 Å². The number of rotatable bonds is 3. The molecule has 0 saturated heterocycles. The summed E-state index contributed by atoms with van der Waals surface area (Å²) in [6.07, 6.45) is 3.50. The molecule has 21 heavy (non-hydrogen) atoms. The number of carboxylic acid groups (broad SMARTS) is 1. The minimum absolute atomic E-state index is 0.394. The standard InChI is InChI=1S/C18H23NO2/c1-11(2)10-19-16-8-7-13(18(20)21)9-15(16)14-6-4-5-12(3)17(14)19/h7-9,11-12H,4-6,10H2,1-3H3,(H,20,21). The molecular weight excluding hydrogens is 262 g/mol. The number of hydrogen-bond acceptors (Lipinski definition) is 1. The molecule has 2 aromatic rings. The van der Waals surface area contributed by atoms with Gasteiger partial charge in [-0.15, -0.1) is 0 Å². The van der Waals surface area contributed by atoms with Crippen LogP contribution in [0, 0.1) is 5.92 Å². The molecule has 0 aliphatic heterocycles. The van der Waals surface area contributed by atoms with Gasteiger partial charge in [-0.2, -0.15) is 0 Å². The van der Waals surface area contributed by atoms with Crippen molar-refractivity contribution in [2.24, 2.45) is 5.92 Å². The Labute approximate surface area is 125 Å². The largest absolute Gasteiger partial charge is 0.478 e. The molecule has 3 nitrogen and oxygen atoms in total. The maximum absolute atomic E-state index is 11.3. The van der Waals surface area contributed by atoms with E-state index in [0.717, 1.165) is 18.4 Å². The van der Waals surface area contributed by atoms with Crippen LogP contribution in [0.4, 0.5) is 0 Å². The number of nitrogens with zero attached hydrogens (tertiary/aromatic N) is 1. The van der Waals surface area contributed by atoms with E-state index in [1.807, 2.05) is 12.1 Å². The first-order valence-corrected chi connectivity index (χ1v) is 7.87. The van der Waals surface area contributed by atoms with Gasteiger partial charge in [0.25, 0.3) is 0 Å². The monoisotopic (exact) mass is 285 g/mol. The smallest absolute Gasteiger partial charge is 0.335 e. The minimum atomic E-state index is -0.842. The van der Waals surface area contributed by atoms with E-state index in [0.29, 0.717) is 17.4 Å². The van der Waals surface area contributed by atoms with E-state index in [1.165, 1.54) is 29.6 Å². The number of hydrogen-bond donors (Lipinski definition) is 1. The number of fused-ring (bicyclic) bond motifs is 3. The molecule has 1 aliphatic carbocycles.